The molecule has 1 aliphatic rings. The van der Waals surface area contributed by atoms with Crippen LogP contribution in [-0.4, -0.2) is 53.0 Å². The van der Waals surface area contributed by atoms with Crippen molar-refractivity contribution in [3.05, 3.63) is 0 Å². The van der Waals surface area contributed by atoms with E-state index in [0.717, 1.165) is 38.5 Å². The highest BCUT2D eigenvalue weighted by Gasteiger charge is 2.44. The number of unbranched alkanes of at least 4 members (excludes halogenated alkanes) is 2. The van der Waals surface area contributed by atoms with Gasteiger partial charge in [-0.3, -0.25) is 4.74 Å². The third-order valence-electron chi connectivity index (χ3n) is 5.05. The molecule has 6 nitrogen and oxygen atoms in total. The van der Waals surface area contributed by atoms with Gasteiger partial charge in [-0.2, -0.15) is 0 Å². The maximum atomic E-state index is 6.43. The van der Waals surface area contributed by atoms with Crippen LogP contribution in [0.5, 0.6) is 0 Å². The first-order valence-electron chi connectivity index (χ1n) is 11.4. The summed E-state index contributed by atoms with van der Waals surface area (Å²) in [6, 6.07) is 0. The smallest absolute Gasteiger partial charge is 0.364 e. The van der Waals surface area contributed by atoms with E-state index in [4.69, 9.17) is 27.8 Å². The Morgan fingerprint density at radius 1 is 0.893 bits per heavy atom. The molecule has 168 valence electrons. The minimum atomic E-state index is -2.52. The van der Waals surface area contributed by atoms with Crippen molar-refractivity contribution in [3.63, 3.8) is 0 Å². The molecule has 7 heteroatoms. The topological polar surface area (TPSA) is 55.4 Å². The maximum Gasteiger partial charge on any atom is 0.364 e. The number of ether oxygens (including phenoxy) is 4. The molecule has 0 amide bonds. The van der Waals surface area contributed by atoms with Gasteiger partial charge in [0, 0.05) is 19.6 Å². The van der Waals surface area contributed by atoms with Gasteiger partial charge in [0.2, 0.25) is 0 Å². The summed E-state index contributed by atoms with van der Waals surface area (Å²) in [6.45, 7) is 15.4. The molecule has 1 fully saturated rings. The SMILES string of the molecule is CCCCO[Si](C)(OCCCC)C(CC)OC(CC)OC1(CC)OCCCO1. The lowest BCUT2D eigenvalue weighted by molar-refractivity contribution is -0.436. The lowest BCUT2D eigenvalue weighted by Gasteiger charge is -2.40. The second-order valence-corrected chi connectivity index (χ2v) is 10.7. The van der Waals surface area contributed by atoms with Gasteiger partial charge in [-0.1, -0.05) is 47.5 Å². The van der Waals surface area contributed by atoms with Gasteiger partial charge in [-0.05, 0) is 38.7 Å². The van der Waals surface area contributed by atoms with E-state index < -0.39 is 20.8 Å². The average molecular weight is 421 g/mol. The molecule has 1 saturated heterocycles. The van der Waals surface area contributed by atoms with Gasteiger partial charge in [0.05, 0.1) is 13.2 Å². The van der Waals surface area contributed by atoms with Crippen molar-refractivity contribution in [2.75, 3.05) is 26.4 Å². The molecule has 0 saturated carbocycles. The van der Waals surface area contributed by atoms with Crippen molar-refractivity contribution in [2.45, 2.75) is 111 Å². The minimum Gasteiger partial charge on any atom is -0.393 e. The third kappa shape index (κ3) is 8.38. The Bertz CT molecular complexity index is 379. The lowest BCUT2D eigenvalue weighted by Crippen LogP contribution is -2.55. The zero-order valence-corrected chi connectivity index (χ0v) is 20.1. The van der Waals surface area contributed by atoms with E-state index >= 15 is 0 Å². The molecule has 1 heterocycles. The van der Waals surface area contributed by atoms with Crippen LogP contribution in [0.3, 0.4) is 0 Å². The van der Waals surface area contributed by atoms with Gasteiger partial charge < -0.3 is 23.1 Å². The first-order valence-corrected chi connectivity index (χ1v) is 13.8. The molecule has 1 rings (SSSR count). The standard InChI is InChI=1S/C21H44O6Si/c1-7-12-17-24-28(6,25-18-13-8-2)20(10-4)26-19(9-3)27-21(11-5)22-15-14-16-23-21/h19-20H,7-18H2,1-6H3. The minimum absolute atomic E-state index is 0.108. The van der Waals surface area contributed by atoms with E-state index in [-0.39, 0.29) is 5.73 Å². The molecule has 0 radical (unpaired) electrons. The van der Waals surface area contributed by atoms with Crippen molar-refractivity contribution < 1.29 is 27.8 Å². The van der Waals surface area contributed by atoms with Crippen molar-refractivity contribution >= 4 is 8.56 Å². The fourth-order valence-corrected chi connectivity index (χ4v) is 5.85. The fourth-order valence-electron chi connectivity index (χ4n) is 3.16. The molecule has 0 aromatic carbocycles. The highest BCUT2D eigenvalue weighted by atomic mass is 28.4. The van der Waals surface area contributed by atoms with E-state index in [1.54, 1.807) is 0 Å². The van der Waals surface area contributed by atoms with E-state index in [2.05, 4.69) is 34.2 Å². The molecule has 0 aromatic rings. The summed E-state index contributed by atoms with van der Waals surface area (Å²) in [5, 5.41) is 0. The summed E-state index contributed by atoms with van der Waals surface area (Å²) in [7, 11) is -2.52. The molecular weight excluding hydrogens is 376 g/mol. The average Bonchev–Trinajstić information content (AvgIpc) is 2.72. The van der Waals surface area contributed by atoms with Crippen molar-refractivity contribution in [2.24, 2.45) is 0 Å². The molecule has 28 heavy (non-hydrogen) atoms. The van der Waals surface area contributed by atoms with Crippen molar-refractivity contribution in [3.8, 4) is 0 Å². The molecule has 0 N–H and O–H groups in total. The summed E-state index contributed by atoms with van der Waals surface area (Å²) in [6.07, 6.45) is 6.90. The highest BCUT2D eigenvalue weighted by Crippen LogP contribution is 2.29. The number of rotatable bonds is 16. The van der Waals surface area contributed by atoms with E-state index in [1.165, 1.54) is 0 Å². The van der Waals surface area contributed by atoms with Crippen LogP contribution in [0.2, 0.25) is 6.55 Å². The third-order valence-corrected chi connectivity index (χ3v) is 8.32. The van der Waals surface area contributed by atoms with Crippen LogP contribution in [0.15, 0.2) is 0 Å². The van der Waals surface area contributed by atoms with Crippen LogP contribution < -0.4 is 0 Å². The number of hydrogen-bond donors (Lipinski definition) is 0. The van der Waals surface area contributed by atoms with Gasteiger partial charge in [-0.15, -0.1) is 0 Å². The largest absolute Gasteiger partial charge is 0.393 e. The fraction of sp³-hybridized carbons (Fsp3) is 1.00. The van der Waals surface area contributed by atoms with Gasteiger partial charge >= 0.3 is 8.56 Å². The number of hydrogen-bond acceptors (Lipinski definition) is 6. The van der Waals surface area contributed by atoms with Crippen LogP contribution in [0.4, 0.5) is 0 Å². The molecule has 2 unspecified atom stereocenters. The zero-order valence-electron chi connectivity index (χ0n) is 19.1. The van der Waals surface area contributed by atoms with Gasteiger partial charge in [0.15, 0.2) is 6.29 Å². The van der Waals surface area contributed by atoms with E-state index in [9.17, 15) is 0 Å². The Hall–Kier alpha value is -0.0231. The van der Waals surface area contributed by atoms with Crippen LogP contribution in [0, 0.1) is 0 Å². The van der Waals surface area contributed by atoms with Crippen LogP contribution in [-0.2, 0) is 27.8 Å². The monoisotopic (exact) mass is 420 g/mol. The Morgan fingerprint density at radius 3 is 1.89 bits per heavy atom. The second-order valence-electron chi connectivity index (χ2n) is 7.50. The molecular formula is C21H44O6Si. The summed E-state index contributed by atoms with van der Waals surface area (Å²) in [5.41, 5.74) is -0.108. The Balaban J connectivity index is 2.81. The maximum absolute atomic E-state index is 6.43. The first-order chi connectivity index (χ1) is 13.5. The molecule has 0 aromatic heterocycles. The summed E-state index contributed by atoms with van der Waals surface area (Å²) >= 11 is 0. The lowest BCUT2D eigenvalue weighted by atomic mass is 10.3. The zero-order chi connectivity index (χ0) is 20.9. The van der Waals surface area contributed by atoms with Crippen LogP contribution >= 0.6 is 0 Å². The Labute approximate surface area is 173 Å². The summed E-state index contributed by atoms with van der Waals surface area (Å²) < 4.78 is 37.0. The second kappa shape index (κ2) is 14.1. The van der Waals surface area contributed by atoms with E-state index in [0.29, 0.717) is 39.3 Å². The van der Waals surface area contributed by atoms with Gasteiger partial charge in [0.1, 0.15) is 5.73 Å². The normalized spacial score (nSPS) is 19.5. The Kier molecular flexibility index (Phi) is 13.1. The summed E-state index contributed by atoms with van der Waals surface area (Å²) in [4.78, 5) is 0. The van der Waals surface area contributed by atoms with Gasteiger partial charge in [-0.25, -0.2) is 0 Å². The highest BCUT2D eigenvalue weighted by molar-refractivity contribution is 6.67. The molecule has 0 spiro atoms. The molecule has 1 aliphatic heterocycles. The van der Waals surface area contributed by atoms with E-state index in [1.807, 2.05) is 6.92 Å². The first kappa shape index (κ1) is 26.0. The molecule has 2 atom stereocenters. The summed E-state index contributed by atoms with van der Waals surface area (Å²) in [5.74, 6) is -0.999. The quantitative estimate of drug-likeness (QED) is 0.192. The van der Waals surface area contributed by atoms with Crippen molar-refractivity contribution in [1.82, 2.24) is 0 Å². The van der Waals surface area contributed by atoms with Gasteiger partial charge in [0.25, 0.3) is 5.97 Å². The van der Waals surface area contributed by atoms with Crippen LogP contribution in [0.1, 0.15) is 86.0 Å². The predicted octanol–water partition coefficient (Wildman–Crippen LogP) is 5.28. The van der Waals surface area contributed by atoms with Crippen LogP contribution in [0.25, 0.3) is 0 Å². The predicted molar refractivity (Wildman–Crippen MR) is 113 cm³/mol. The van der Waals surface area contributed by atoms with Crippen molar-refractivity contribution in [1.29, 1.82) is 0 Å². The molecule has 0 aliphatic carbocycles. The molecule has 0 bridgehead atoms. The Morgan fingerprint density at radius 2 is 1.46 bits per heavy atom.